The zero-order valence-corrected chi connectivity index (χ0v) is 18.7. The fraction of sp³-hybridized carbons (Fsp3) is 0.560. The molecule has 0 spiro atoms. The summed E-state index contributed by atoms with van der Waals surface area (Å²) in [5.41, 5.74) is 4.22. The molecule has 160 valence electrons. The Balaban J connectivity index is 1.53. The number of thiophene rings is 1. The van der Waals surface area contributed by atoms with Crippen LogP contribution in [0.15, 0.2) is 24.3 Å². The van der Waals surface area contributed by atoms with Gasteiger partial charge in [-0.05, 0) is 62.1 Å². The minimum Gasteiger partial charge on any atom is -0.496 e. The van der Waals surface area contributed by atoms with Gasteiger partial charge in [-0.2, -0.15) is 0 Å². The highest BCUT2D eigenvalue weighted by Gasteiger charge is 2.38. The van der Waals surface area contributed by atoms with Crippen LogP contribution in [0.25, 0.3) is 0 Å². The highest BCUT2D eigenvalue weighted by atomic mass is 32.1. The first-order chi connectivity index (χ1) is 14.8. The number of para-hydroxylation sites is 1. The van der Waals surface area contributed by atoms with E-state index in [0.29, 0.717) is 6.04 Å². The molecule has 5 rings (SSSR count). The van der Waals surface area contributed by atoms with Gasteiger partial charge in [-0.3, -0.25) is 0 Å². The van der Waals surface area contributed by atoms with Crippen molar-refractivity contribution in [2.75, 3.05) is 13.7 Å². The first-order valence-electron chi connectivity index (χ1n) is 11.6. The summed E-state index contributed by atoms with van der Waals surface area (Å²) in [5, 5.41) is 3.37. The van der Waals surface area contributed by atoms with Crippen molar-refractivity contribution in [1.29, 1.82) is 0 Å². The van der Waals surface area contributed by atoms with Crippen LogP contribution in [0.2, 0.25) is 0 Å². The Bertz CT molecular complexity index is 916. The summed E-state index contributed by atoms with van der Waals surface area (Å²) in [6.45, 7) is 0.775. The van der Waals surface area contributed by atoms with Crippen molar-refractivity contribution >= 4 is 17.4 Å². The average Bonchev–Trinajstić information content (AvgIpc) is 3.18. The van der Waals surface area contributed by atoms with Gasteiger partial charge in [-0.25, -0.2) is 4.79 Å². The summed E-state index contributed by atoms with van der Waals surface area (Å²) >= 11 is 1.95. The predicted molar refractivity (Wildman–Crippen MR) is 122 cm³/mol. The number of hydrogen-bond donors (Lipinski definition) is 1. The van der Waals surface area contributed by atoms with E-state index in [1.54, 1.807) is 17.6 Å². The summed E-state index contributed by atoms with van der Waals surface area (Å²) in [4.78, 5) is 18.5. The second-order valence-corrected chi connectivity index (χ2v) is 10.1. The lowest BCUT2D eigenvalue weighted by molar-refractivity contribution is 0.173. The molecule has 2 amide bonds. The van der Waals surface area contributed by atoms with Crippen molar-refractivity contribution in [3.8, 4) is 5.75 Å². The van der Waals surface area contributed by atoms with E-state index in [-0.39, 0.29) is 12.1 Å². The number of nitrogens with one attached hydrogen (secondary N) is 1. The zero-order valence-electron chi connectivity index (χ0n) is 17.9. The molecule has 0 saturated heterocycles. The van der Waals surface area contributed by atoms with Crippen LogP contribution in [-0.4, -0.2) is 30.6 Å². The Morgan fingerprint density at radius 3 is 2.67 bits per heavy atom. The zero-order chi connectivity index (χ0) is 20.5. The molecule has 30 heavy (non-hydrogen) atoms. The molecule has 2 heterocycles. The van der Waals surface area contributed by atoms with E-state index in [4.69, 9.17) is 4.74 Å². The summed E-state index contributed by atoms with van der Waals surface area (Å²) in [6.07, 6.45) is 11.9. The second-order valence-electron chi connectivity index (χ2n) is 8.93. The molecule has 3 aliphatic rings. The maximum atomic E-state index is 13.5. The number of carbonyl (C=O) groups is 1. The number of benzene rings is 1. The van der Waals surface area contributed by atoms with Crippen molar-refractivity contribution in [2.45, 2.75) is 76.3 Å². The third-order valence-corrected chi connectivity index (χ3v) is 8.49. The number of ether oxygens (including phenoxy) is 1. The van der Waals surface area contributed by atoms with E-state index in [1.165, 1.54) is 55.4 Å². The van der Waals surface area contributed by atoms with Gasteiger partial charge < -0.3 is 15.0 Å². The Kier molecular flexibility index (Phi) is 5.72. The van der Waals surface area contributed by atoms with Gasteiger partial charge in [0.2, 0.25) is 0 Å². The molecule has 5 heteroatoms. The lowest BCUT2D eigenvalue weighted by atomic mass is 9.88. The Labute approximate surface area is 183 Å². The summed E-state index contributed by atoms with van der Waals surface area (Å²) in [6, 6.07) is 8.60. The van der Waals surface area contributed by atoms with Gasteiger partial charge in [0, 0.05) is 27.9 Å². The highest BCUT2D eigenvalue weighted by Crippen LogP contribution is 2.46. The molecule has 0 bridgehead atoms. The van der Waals surface area contributed by atoms with E-state index >= 15 is 0 Å². The lowest BCUT2D eigenvalue weighted by Gasteiger charge is -2.38. The van der Waals surface area contributed by atoms with Gasteiger partial charge in [0.15, 0.2) is 0 Å². The van der Waals surface area contributed by atoms with Crippen LogP contribution in [0.1, 0.15) is 77.4 Å². The first-order valence-corrected chi connectivity index (χ1v) is 12.4. The molecule has 1 aliphatic heterocycles. The number of carbonyl (C=O) groups excluding carboxylic acids is 1. The maximum absolute atomic E-state index is 13.5. The monoisotopic (exact) mass is 424 g/mol. The largest absolute Gasteiger partial charge is 0.496 e. The van der Waals surface area contributed by atoms with Gasteiger partial charge in [-0.1, -0.05) is 37.5 Å². The maximum Gasteiger partial charge on any atom is 0.318 e. The van der Waals surface area contributed by atoms with Crippen molar-refractivity contribution in [2.24, 2.45) is 0 Å². The van der Waals surface area contributed by atoms with E-state index < -0.39 is 0 Å². The van der Waals surface area contributed by atoms with Crippen molar-refractivity contribution in [3.05, 3.63) is 50.7 Å². The number of nitrogens with zero attached hydrogens (tertiary/aromatic N) is 1. The van der Waals surface area contributed by atoms with Gasteiger partial charge in [0.25, 0.3) is 0 Å². The molecule has 2 aliphatic carbocycles. The smallest absolute Gasteiger partial charge is 0.318 e. The quantitative estimate of drug-likeness (QED) is 0.694. The van der Waals surface area contributed by atoms with Crippen molar-refractivity contribution < 1.29 is 9.53 Å². The van der Waals surface area contributed by atoms with Gasteiger partial charge in [0.1, 0.15) is 5.75 Å². The Hall–Kier alpha value is -2.01. The minimum atomic E-state index is -0.0518. The molecule has 1 atom stereocenters. The minimum absolute atomic E-state index is 0.0518. The van der Waals surface area contributed by atoms with Crippen LogP contribution in [0, 0.1) is 0 Å². The number of hydrogen-bond acceptors (Lipinski definition) is 3. The number of amides is 2. The Morgan fingerprint density at radius 1 is 1.03 bits per heavy atom. The standard InChI is InChI=1S/C25H32N2O2S/c1-29-21-13-7-5-12-20(21)23-24-19(18-11-6-8-14-22(18)30-24)15-16-27(23)25(28)26-17-9-3-2-4-10-17/h5,7,12-13,17,23H,2-4,6,8-11,14-16H2,1H3,(H,26,28)/t23-/m1/s1. The third-order valence-electron chi connectivity index (χ3n) is 7.10. The molecule has 2 aromatic rings. The topological polar surface area (TPSA) is 41.6 Å². The molecular formula is C25H32N2O2S. The van der Waals surface area contributed by atoms with E-state index in [9.17, 15) is 4.79 Å². The molecule has 1 N–H and O–H groups in total. The number of aryl methyl sites for hydroxylation is 1. The van der Waals surface area contributed by atoms with Gasteiger partial charge in [0.05, 0.1) is 13.2 Å². The molecule has 1 aromatic carbocycles. The SMILES string of the molecule is COc1ccccc1[C@@H]1c2sc3c(c2CCN1C(=O)NC1CCCCC1)CCCC3. The fourth-order valence-corrected chi connectivity index (χ4v) is 7.15. The fourth-order valence-electron chi connectivity index (χ4n) is 5.58. The third kappa shape index (κ3) is 3.62. The van der Waals surface area contributed by atoms with Crippen molar-refractivity contribution in [3.63, 3.8) is 0 Å². The van der Waals surface area contributed by atoms with E-state index in [0.717, 1.165) is 37.1 Å². The molecule has 1 fully saturated rings. The van der Waals surface area contributed by atoms with E-state index in [2.05, 4.69) is 22.3 Å². The number of urea groups is 1. The van der Waals surface area contributed by atoms with Gasteiger partial charge in [-0.15, -0.1) is 11.3 Å². The number of rotatable bonds is 3. The van der Waals surface area contributed by atoms with Crippen molar-refractivity contribution in [1.82, 2.24) is 10.2 Å². The van der Waals surface area contributed by atoms with Crippen LogP contribution in [0.3, 0.4) is 0 Å². The second kappa shape index (κ2) is 8.62. The average molecular weight is 425 g/mol. The molecule has 1 aromatic heterocycles. The predicted octanol–water partition coefficient (Wildman–Crippen LogP) is 5.63. The van der Waals surface area contributed by atoms with Crippen LogP contribution < -0.4 is 10.1 Å². The van der Waals surface area contributed by atoms with Crippen LogP contribution in [0.5, 0.6) is 5.75 Å². The summed E-state index contributed by atoms with van der Waals surface area (Å²) in [7, 11) is 1.73. The molecule has 0 radical (unpaired) electrons. The molecule has 0 unspecified atom stereocenters. The van der Waals surface area contributed by atoms with Crippen LogP contribution >= 0.6 is 11.3 Å². The van der Waals surface area contributed by atoms with Crippen LogP contribution in [0.4, 0.5) is 4.79 Å². The molecule has 4 nitrogen and oxygen atoms in total. The van der Waals surface area contributed by atoms with E-state index in [1.807, 2.05) is 23.5 Å². The molecular weight excluding hydrogens is 392 g/mol. The first kappa shape index (κ1) is 19.9. The van der Waals surface area contributed by atoms with Gasteiger partial charge >= 0.3 is 6.03 Å². The Morgan fingerprint density at radius 2 is 1.83 bits per heavy atom. The summed E-state index contributed by atoms with van der Waals surface area (Å²) in [5.74, 6) is 0.872. The highest BCUT2D eigenvalue weighted by molar-refractivity contribution is 7.12. The normalized spacial score (nSPS) is 21.6. The molecule has 1 saturated carbocycles. The number of methoxy groups -OCH3 is 1. The summed E-state index contributed by atoms with van der Waals surface area (Å²) < 4.78 is 5.74. The van der Waals surface area contributed by atoms with Crippen LogP contribution in [-0.2, 0) is 19.3 Å². The lowest BCUT2D eigenvalue weighted by Crippen LogP contribution is -2.49. The number of fused-ring (bicyclic) bond motifs is 3.